The van der Waals surface area contributed by atoms with E-state index in [-0.39, 0.29) is 35.6 Å². The van der Waals surface area contributed by atoms with Gasteiger partial charge in [0.1, 0.15) is 19.0 Å². The average Bonchev–Trinajstić information content (AvgIpc) is 3.86. The van der Waals surface area contributed by atoms with Crippen LogP contribution in [0.5, 0.6) is 0 Å². The van der Waals surface area contributed by atoms with Crippen LogP contribution in [0.3, 0.4) is 0 Å². The molecular weight excluding hydrogens is 527 g/mol. The fourth-order valence-electron chi connectivity index (χ4n) is 7.36. The van der Waals surface area contributed by atoms with Crippen molar-refractivity contribution in [3.63, 3.8) is 0 Å². The van der Waals surface area contributed by atoms with Crippen molar-refractivity contribution in [2.45, 2.75) is 57.5 Å². The van der Waals surface area contributed by atoms with Gasteiger partial charge in [0, 0.05) is 62.8 Å². The van der Waals surface area contributed by atoms with E-state index in [1.807, 2.05) is 24.8 Å². The lowest BCUT2D eigenvalue weighted by Crippen LogP contribution is -2.58. The summed E-state index contributed by atoms with van der Waals surface area (Å²) in [7, 11) is 0. The van der Waals surface area contributed by atoms with E-state index in [2.05, 4.69) is 4.90 Å². The molecule has 0 bridgehead atoms. The number of piperazine rings is 2. The van der Waals surface area contributed by atoms with Crippen LogP contribution in [-0.4, -0.2) is 105 Å². The number of hydrogen-bond acceptors (Lipinski definition) is 6. The van der Waals surface area contributed by atoms with Crippen LogP contribution in [0.25, 0.3) is 0 Å². The Morgan fingerprint density at radius 1 is 1.00 bits per heavy atom. The average molecular weight is 565 g/mol. The molecule has 0 radical (unpaired) electrons. The molecule has 1 aromatic heterocycles. The highest BCUT2D eigenvalue weighted by Crippen LogP contribution is 2.57. The van der Waals surface area contributed by atoms with E-state index in [0.29, 0.717) is 62.4 Å². The molecule has 2 aromatic rings. The predicted octanol–water partition coefficient (Wildman–Crippen LogP) is 1.46. The molecule has 2 atom stereocenters. The summed E-state index contributed by atoms with van der Waals surface area (Å²) in [6.45, 7) is 6.99. The lowest BCUT2D eigenvalue weighted by atomic mass is 10.0. The molecule has 10 nitrogen and oxygen atoms in total. The van der Waals surface area contributed by atoms with Crippen LogP contribution in [0.2, 0.25) is 0 Å². The Balaban J connectivity index is 1.07. The molecule has 0 unspecified atom stereocenters. The van der Waals surface area contributed by atoms with Gasteiger partial charge in [-0.3, -0.25) is 19.1 Å². The van der Waals surface area contributed by atoms with Crippen molar-refractivity contribution in [1.82, 2.24) is 24.5 Å². The number of hydrogen-bond donors (Lipinski definition) is 1. The van der Waals surface area contributed by atoms with E-state index in [1.54, 1.807) is 14.5 Å². The van der Waals surface area contributed by atoms with Crippen LogP contribution in [-0.2, 0) is 22.6 Å². The van der Waals surface area contributed by atoms with E-state index >= 15 is 0 Å². The topological polar surface area (TPSA) is 102 Å². The van der Waals surface area contributed by atoms with Crippen molar-refractivity contribution in [3.8, 4) is 0 Å². The quantitative estimate of drug-likeness (QED) is 0.590. The number of nitrogens with zero attached hydrogens (tertiary/aromatic N) is 6. The first-order chi connectivity index (χ1) is 19.7. The standard InChI is InChI=1S/C30H37FN6O4/c1-18-19(2)23(4-3-22(18)31)35-11-12-36(30(17-35)5-6-30)25(39)15-37-24-14-20-13-21(20)27(24)28(32-37)29(41)34-9-7-33(8-10-34)26(40)16-38/h3-4,20-21,38H,5-17H2,1-2H3/t20-,21-/m1/s1. The van der Waals surface area contributed by atoms with Crippen molar-refractivity contribution >= 4 is 23.4 Å². The molecule has 2 aliphatic heterocycles. The first kappa shape index (κ1) is 26.4. The maximum absolute atomic E-state index is 14.1. The van der Waals surface area contributed by atoms with Gasteiger partial charge in [-0.05, 0) is 74.6 Å². The molecule has 1 aromatic carbocycles. The second-order valence-electron chi connectivity index (χ2n) is 12.5. The minimum Gasteiger partial charge on any atom is -0.387 e. The van der Waals surface area contributed by atoms with Crippen LogP contribution in [0.4, 0.5) is 10.1 Å². The van der Waals surface area contributed by atoms with Crippen molar-refractivity contribution < 1.29 is 23.9 Å². The molecule has 7 rings (SSSR count). The van der Waals surface area contributed by atoms with Crippen LogP contribution in [0, 0.1) is 25.6 Å². The van der Waals surface area contributed by atoms with E-state index in [4.69, 9.17) is 10.2 Å². The molecule has 4 fully saturated rings. The minimum absolute atomic E-state index is 0.0372. The summed E-state index contributed by atoms with van der Waals surface area (Å²) in [4.78, 5) is 46.9. The number of aromatic nitrogens is 2. The number of carbonyl (C=O) groups excluding carboxylic acids is 3. The molecule has 3 aliphatic carbocycles. The Morgan fingerprint density at radius 3 is 2.44 bits per heavy atom. The number of aliphatic hydroxyl groups excluding tert-OH is 1. The van der Waals surface area contributed by atoms with Crippen molar-refractivity contribution in [1.29, 1.82) is 0 Å². The van der Waals surface area contributed by atoms with E-state index in [9.17, 15) is 18.8 Å². The number of benzene rings is 1. The number of carbonyl (C=O) groups is 3. The molecule has 1 spiro atoms. The summed E-state index contributed by atoms with van der Waals surface area (Å²) in [6, 6.07) is 3.39. The van der Waals surface area contributed by atoms with Gasteiger partial charge in [0.2, 0.25) is 11.8 Å². The van der Waals surface area contributed by atoms with Gasteiger partial charge in [-0.15, -0.1) is 0 Å². The highest BCUT2D eigenvalue weighted by molar-refractivity contribution is 5.95. The van der Waals surface area contributed by atoms with Gasteiger partial charge in [-0.1, -0.05) is 0 Å². The molecule has 3 amide bonds. The largest absolute Gasteiger partial charge is 0.387 e. The van der Waals surface area contributed by atoms with E-state index in [0.717, 1.165) is 54.7 Å². The molecule has 41 heavy (non-hydrogen) atoms. The Bertz CT molecular complexity index is 1440. The Hall–Kier alpha value is -3.47. The Labute approximate surface area is 238 Å². The van der Waals surface area contributed by atoms with Gasteiger partial charge in [0.05, 0.1) is 5.54 Å². The third-order valence-electron chi connectivity index (χ3n) is 10.2. The summed E-state index contributed by atoms with van der Waals surface area (Å²) in [5.74, 6) is 0.284. The monoisotopic (exact) mass is 564 g/mol. The number of halogens is 1. The van der Waals surface area contributed by atoms with Gasteiger partial charge in [-0.25, -0.2) is 4.39 Å². The third-order valence-corrected chi connectivity index (χ3v) is 10.2. The number of rotatable bonds is 5. The maximum Gasteiger partial charge on any atom is 0.274 e. The van der Waals surface area contributed by atoms with E-state index in [1.165, 1.54) is 6.07 Å². The smallest absolute Gasteiger partial charge is 0.274 e. The molecule has 218 valence electrons. The number of amides is 3. The summed E-state index contributed by atoms with van der Waals surface area (Å²) in [6.07, 6.45) is 3.82. The van der Waals surface area contributed by atoms with Crippen LogP contribution < -0.4 is 4.90 Å². The zero-order valence-electron chi connectivity index (χ0n) is 23.7. The number of aliphatic hydroxyl groups is 1. The maximum atomic E-state index is 14.1. The van der Waals surface area contributed by atoms with Crippen LogP contribution in [0.1, 0.15) is 58.1 Å². The van der Waals surface area contributed by atoms with Crippen molar-refractivity contribution in [2.24, 2.45) is 5.92 Å². The molecule has 2 saturated carbocycles. The molecule has 1 N–H and O–H groups in total. The summed E-state index contributed by atoms with van der Waals surface area (Å²) in [5.41, 5.74) is 4.97. The van der Waals surface area contributed by atoms with Crippen LogP contribution >= 0.6 is 0 Å². The van der Waals surface area contributed by atoms with Gasteiger partial charge in [0.15, 0.2) is 5.69 Å². The first-order valence-corrected chi connectivity index (χ1v) is 14.8. The second kappa shape index (κ2) is 9.54. The number of fused-ring (bicyclic) bond motifs is 3. The fraction of sp³-hybridized carbons (Fsp3) is 0.600. The van der Waals surface area contributed by atoms with Gasteiger partial charge >= 0.3 is 0 Å². The summed E-state index contributed by atoms with van der Waals surface area (Å²) < 4.78 is 15.9. The normalized spacial score (nSPS) is 24.0. The van der Waals surface area contributed by atoms with Gasteiger partial charge in [-0.2, -0.15) is 5.10 Å². The molecule has 11 heteroatoms. The van der Waals surface area contributed by atoms with Crippen molar-refractivity contribution in [2.75, 3.05) is 57.3 Å². The first-order valence-electron chi connectivity index (χ1n) is 14.8. The third kappa shape index (κ3) is 4.31. The Kier molecular flexibility index (Phi) is 6.15. The Morgan fingerprint density at radius 2 is 1.73 bits per heavy atom. The molecule has 3 heterocycles. The summed E-state index contributed by atoms with van der Waals surface area (Å²) >= 11 is 0. The minimum atomic E-state index is -0.523. The highest BCUT2D eigenvalue weighted by Gasteiger charge is 2.54. The van der Waals surface area contributed by atoms with Crippen LogP contribution in [0.15, 0.2) is 12.1 Å². The van der Waals surface area contributed by atoms with Gasteiger partial charge < -0.3 is 24.7 Å². The predicted molar refractivity (Wildman–Crippen MR) is 148 cm³/mol. The zero-order valence-corrected chi connectivity index (χ0v) is 23.7. The second-order valence-corrected chi connectivity index (χ2v) is 12.5. The highest BCUT2D eigenvalue weighted by atomic mass is 19.1. The molecule has 2 saturated heterocycles. The number of anilines is 1. The lowest BCUT2D eigenvalue weighted by molar-refractivity contribution is -0.136. The summed E-state index contributed by atoms with van der Waals surface area (Å²) in [5, 5.41) is 13.9. The van der Waals surface area contributed by atoms with Crippen molar-refractivity contribution in [3.05, 3.63) is 46.0 Å². The molecular formula is C30H37FN6O4. The molecule has 5 aliphatic rings. The fourth-order valence-corrected chi connectivity index (χ4v) is 7.36. The lowest BCUT2D eigenvalue weighted by Gasteiger charge is -2.44. The van der Waals surface area contributed by atoms with E-state index < -0.39 is 6.61 Å². The zero-order chi connectivity index (χ0) is 28.6. The van der Waals surface area contributed by atoms with Gasteiger partial charge in [0.25, 0.3) is 5.91 Å². The SMILES string of the molecule is Cc1c(F)ccc(N2CCN(C(=O)Cn3nc(C(=O)N4CCN(C(=O)CO)CC4)c4c3C[C@H]3C[C@@H]43)C3(CC3)C2)c1C.